The predicted octanol–water partition coefficient (Wildman–Crippen LogP) is 4.78. The number of fused-ring (bicyclic) bond motifs is 1. The number of aliphatic hydroxyl groups is 1. The molecule has 548 valence electrons. The number of carbonyl (C=O) groups excluding carboxylic acids is 9. The number of aliphatic hydroxyl groups excluding tert-OH is 1. The minimum Gasteiger partial charge on any atom is -0.460 e. The maximum Gasteiger partial charge on any atom is 0.509 e. The quantitative estimate of drug-likeness (QED) is 0.0111. The summed E-state index contributed by atoms with van der Waals surface area (Å²) in [7, 11) is -2.83. The lowest BCUT2D eigenvalue weighted by Gasteiger charge is -2.50. The van der Waals surface area contributed by atoms with Crippen LogP contribution in [0.5, 0.6) is 0 Å². The number of carbonyl (C=O) groups is 9. The molecule has 1 unspecified atom stereocenters. The average molecular weight is 1400 g/mol. The van der Waals surface area contributed by atoms with Crippen LogP contribution in [0.2, 0.25) is 16.6 Å². The molecule has 0 radical (unpaired) electrons. The first kappa shape index (κ1) is 81.7. The van der Waals surface area contributed by atoms with Gasteiger partial charge in [0.25, 0.3) is 0 Å². The van der Waals surface area contributed by atoms with Gasteiger partial charge in [0.15, 0.2) is 45.3 Å². The summed E-state index contributed by atoms with van der Waals surface area (Å²) in [5.74, 6) is -6.57. The fraction of sp³-hybridized carbons (Fsp3) is 0.667. The van der Waals surface area contributed by atoms with E-state index in [9.17, 15) is 38.7 Å². The number of amides is 5. The van der Waals surface area contributed by atoms with Crippen molar-refractivity contribution in [3.63, 3.8) is 0 Å². The van der Waals surface area contributed by atoms with Crippen LogP contribution in [0.4, 0.5) is 4.79 Å². The van der Waals surface area contributed by atoms with Gasteiger partial charge >= 0.3 is 24.1 Å². The number of ether oxygens (including phenoxy) is 10. The molecule has 98 heavy (non-hydrogen) atoms. The smallest absolute Gasteiger partial charge is 0.460 e. The van der Waals surface area contributed by atoms with E-state index < -0.39 is 173 Å². The SMILES string of the molecule is C=CCOC(=O)[C@H](NC[C@@H](CC(C)C)NC(=O)[C@@H](CC(=O)N[C@@H]1O[C@H](CO[Si](C(C)C)(C(C)C)C(C)C)[C@@H](OC(C)=O)[C@@H](O[C@@H]2O[C@H](CO)[C@@H]3OC(=O)O[C@@H]3[C@H]2OC(C)=O)[C@H]1NC(C)=O)NC(=O)[C@@H](CC(C)C)NC(=O)[C@@H](C)NCOCc1ccccc1)C(C)OCc1ccccc1. The summed E-state index contributed by atoms with van der Waals surface area (Å²) in [4.78, 5) is 126. The van der Waals surface area contributed by atoms with Crippen LogP contribution in [0.15, 0.2) is 73.3 Å². The molecule has 0 spiro atoms. The fourth-order valence-corrected chi connectivity index (χ4v) is 18.2. The third-order valence-electron chi connectivity index (χ3n) is 17.2. The van der Waals surface area contributed by atoms with Crippen LogP contribution in [0.1, 0.15) is 134 Å². The van der Waals surface area contributed by atoms with E-state index in [1.54, 1.807) is 13.8 Å². The Hall–Kier alpha value is -6.93. The Bertz CT molecular complexity index is 2890. The number of hydrogen-bond acceptors (Lipinski definition) is 23. The van der Waals surface area contributed by atoms with Crippen molar-refractivity contribution < 1.29 is 100 Å². The number of esters is 3. The van der Waals surface area contributed by atoms with Crippen LogP contribution in [-0.4, -0.2) is 198 Å². The topological polar surface area (TPSA) is 360 Å². The zero-order chi connectivity index (χ0) is 72.6. The van der Waals surface area contributed by atoms with Crippen molar-refractivity contribution in [2.75, 3.05) is 33.1 Å². The molecule has 0 aromatic heterocycles. The molecular formula is C69H107N7O21Si. The molecule has 5 rings (SSSR count). The molecule has 2 aromatic carbocycles. The first-order valence-corrected chi connectivity index (χ1v) is 35.9. The second kappa shape index (κ2) is 39.8. The van der Waals surface area contributed by atoms with Crippen LogP contribution < -0.4 is 37.2 Å². The average Bonchev–Trinajstić information content (AvgIpc) is 1.28. The van der Waals surface area contributed by atoms with Gasteiger partial charge in [0, 0.05) is 33.4 Å². The number of nitrogens with one attached hydrogen (secondary N) is 7. The molecule has 0 bridgehead atoms. The molecule has 0 saturated carbocycles. The van der Waals surface area contributed by atoms with E-state index in [-0.39, 0.29) is 74.6 Å². The van der Waals surface area contributed by atoms with E-state index in [2.05, 4.69) is 85.3 Å². The lowest BCUT2D eigenvalue weighted by Crippen LogP contribution is -2.71. The summed E-state index contributed by atoms with van der Waals surface area (Å²) in [6, 6.07) is 11.5. The van der Waals surface area contributed by atoms with Crippen molar-refractivity contribution in [1.29, 1.82) is 0 Å². The molecule has 16 atom stereocenters. The molecule has 3 fully saturated rings. The summed E-state index contributed by atoms with van der Waals surface area (Å²) in [6.45, 7) is 29.4. The maximum absolute atomic E-state index is 15.3. The predicted molar refractivity (Wildman–Crippen MR) is 360 cm³/mol. The first-order chi connectivity index (χ1) is 46.4. The largest absolute Gasteiger partial charge is 0.509 e. The summed E-state index contributed by atoms with van der Waals surface area (Å²) in [5, 5.41) is 31.0. The molecule has 29 heteroatoms. The highest BCUT2D eigenvalue weighted by Crippen LogP contribution is 2.43. The highest BCUT2D eigenvalue weighted by Gasteiger charge is 2.60. The Morgan fingerprint density at radius 2 is 1.22 bits per heavy atom. The van der Waals surface area contributed by atoms with Gasteiger partial charge in [0.2, 0.25) is 29.5 Å². The second-order valence-electron chi connectivity index (χ2n) is 26.9. The van der Waals surface area contributed by atoms with Crippen molar-refractivity contribution >= 4 is 61.9 Å². The summed E-state index contributed by atoms with van der Waals surface area (Å²) in [6.07, 6.45) is -14.6. The van der Waals surface area contributed by atoms with Crippen molar-refractivity contribution in [2.45, 2.75) is 251 Å². The van der Waals surface area contributed by atoms with Gasteiger partial charge in [-0.05, 0) is 66.3 Å². The molecule has 3 aliphatic rings. The zero-order valence-electron chi connectivity index (χ0n) is 59.4. The molecule has 8 N–H and O–H groups in total. The molecule has 0 aliphatic carbocycles. The summed E-state index contributed by atoms with van der Waals surface area (Å²) in [5.41, 5.74) is 1.82. The van der Waals surface area contributed by atoms with Gasteiger partial charge < -0.3 is 88.8 Å². The van der Waals surface area contributed by atoms with Crippen molar-refractivity contribution in [3.05, 3.63) is 84.4 Å². The third kappa shape index (κ3) is 24.5. The second-order valence-corrected chi connectivity index (χ2v) is 32.4. The highest BCUT2D eigenvalue weighted by atomic mass is 28.4. The Balaban J connectivity index is 1.58. The highest BCUT2D eigenvalue weighted by molar-refractivity contribution is 6.77. The van der Waals surface area contributed by atoms with Crippen LogP contribution in [0.25, 0.3) is 0 Å². The molecular weight excluding hydrogens is 1290 g/mol. The summed E-state index contributed by atoms with van der Waals surface area (Å²) < 4.78 is 66.8. The van der Waals surface area contributed by atoms with E-state index in [4.69, 9.17) is 51.8 Å². The lowest BCUT2D eigenvalue weighted by atomic mass is 9.94. The van der Waals surface area contributed by atoms with Crippen LogP contribution in [0.3, 0.4) is 0 Å². The van der Waals surface area contributed by atoms with E-state index in [1.165, 1.54) is 6.08 Å². The minimum atomic E-state index is -2.83. The maximum atomic E-state index is 15.3. The van der Waals surface area contributed by atoms with Gasteiger partial charge in [-0.25, -0.2) is 4.79 Å². The van der Waals surface area contributed by atoms with Gasteiger partial charge in [-0.15, -0.1) is 0 Å². The zero-order valence-corrected chi connectivity index (χ0v) is 60.4. The van der Waals surface area contributed by atoms with E-state index in [0.29, 0.717) is 6.42 Å². The third-order valence-corrected chi connectivity index (χ3v) is 23.2. The van der Waals surface area contributed by atoms with Crippen molar-refractivity contribution in [3.8, 4) is 0 Å². The number of benzene rings is 2. The van der Waals surface area contributed by atoms with Gasteiger partial charge in [-0.1, -0.05) is 143 Å². The number of rotatable bonds is 40. The molecule has 5 amide bonds. The normalized spacial score (nSPS) is 23.4. The molecule has 3 heterocycles. The molecule has 3 aliphatic heterocycles. The Labute approximate surface area is 576 Å². The van der Waals surface area contributed by atoms with E-state index in [0.717, 1.165) is 31.9 Å². The van der Waals surface area contributed by atoms with Crippen molar-refractivity contribution in [2.24, 2.45) is 11.8 Å². The molecule has 28 nitrogen and oxygen atoms in total. The Morgan fingerprint density at radius 3 is 1.79 bits per heavy atom. The van der Waals surface area contributed by atoms with Gasteiger partial charge in [-0.2, -0.15) is 0 Å². The lowest BCUT2D eigenvalue weighted by molar-refractivity contribution is -0.323. The summed E-state index contributed by atoms with van der Waals surface area (Å²) >= 11 is 0. The standard InChI is InChI=1S/C69H107N7O21Si/c1-17-28-88-67(85)56(44(13)89-35-49-26-22-19-23-27-49)70-32-50(29-38(2)3)73-64(83)52(75-65(84)51(30-39(4)5)74-63(82)43(12)71-37-87-34-48-24-20-18-21-25-48)31-55(81)76-66-57(72-45(14)78)60(95-68-62(92-47(16)80)61-58(53(33-77)94-68)96-69(86)97-61)59(91-46(15)79)54(93-66)36-90-98(40(6)7,41(8)9)42(10)11/h17-27,38-44,50-54,56-62,66,68,70-71,77H,1,28-37H2,2-16H3,(H,72,78)(H,73,83)(H,74,82)(H,75,84)(H,76,81)/t43-,44?,50-,51-,52-,53-,54-,56-,57-,58+,59-,60+,61+,62-,66-,68+/m1/s1. The van der Waals surface area contributed by atoms with Gasteiger partial charge in [0.05, 0.1) is 51.7 Å². The van der Waals surface area contributed by atoms with E-state index >= 15 is 9.59 Å². The Kier molecular flexibility index (Phi) is 33.2. The van der Waals surface area contributed by atoms with Gasteiger partial charge in [-0.3, -0.25) is 43.7 Å². The fourth-order valence-electron chi connectivity index (χ4n) is 12.8. The van der Waals surface area contributed by atoms with Crippen molar-refractivity contribution in [1.82, 2.24) is 37.2 Å². The Morgan fingerprint density at radius 1 is 0.653 bits per heavy atom. The van der Waals surface area contributed by atoms with E-state index in [1.807, 2.05) is 88.4 Å². The molecule has 2 aromatic rings. The number of hydrogen-bond donors (Lipinski definition) is 8. The first-order valence-electron chi connectivity index (χ1n) is 33.8. The molecule has 3 saturated heterocycles. The minimum absolute atomic E-state index is 0.0136. The van der Waals surface area contributed by atoms with Crippen LogP contribution in [0, 0.1) is 11.8 Å². The monoisotopic (exact) mass is 1400 g/mol. The van der Waals surface area contributed by atoms with Crippen LogP contribution in [-0.2, 0) is 103 Å². The van der Waals surface area contributed by atoms with Gasteiger partial charge in [0.1, 0.15) is 49.1 Å². The van der Waals surface area contributed by atoms with Crippen LogP contribution >= 0.6 is 0 Å².